The zero-order valence-electron chi connectivity index (χ0n) is 5.14. The molecule has 50 valence electrons. The standard InChI is InChI=1S/C3H12N4O/c1-6(5-3-4)7(2)8/h6-7H,3-4H2,1-2H3. The van der Waals surface area contributed by atoms with Crippen molar-refractivity contribution in [3.05, 3.63) is 10.6 Å². The molecule has 0 spiro atoms. The Morgan fingerprint density at radius 2 is 2.12 bits per heavy atom. The number of nitrogens with zero attached hydrogens (tertiary/aromatic N) is 1. The van der Waals surface area contributed by atoms with E-state index in [-0.39, 0.29) is 11.8 Å². The molecule has 0 amide bonds. The second-order valence-electron chi connectivity index (χ2n) is 1.48. The van der Waals surface area contributed by atoms with Crippen LogP contribution in [0.1, 0.15) is 0 Å². The van der Waals surface area contributed by atoms with Crippen molar-refractivity contribution in [1.29, 1.82) is 0 Å². The molecule has 0 aliphatic carbocycles. The number of nitrogens with two attached hydrogens (primary N) is 1. The third-order valence-corrected chi connectivity index (χ3v) is 0.838. The lowest BCUT2D eigenvalue weighted by Crippen LogP contribution is -3.53. The van der Waals surface area contributed by atoms with Crippen molar-refractivity contribution in [1.82, 2.24) is 0 Å². The van der Waals surface area contributed by atoms with Gasteiger partial charge in [0.1, 0.15) is 14.1 Å². The number of rotatable bonds is 3. The zero-order chi connectivity index (χ0) is 6.57. The maximum absolute atomic E-state index is 10.3. The zero-order valence-corrected chi connectivity index (χ0v) is 5.14. The fraction of sp³-hybridized carbons (Fsp3) is 1.00. The highest BCUT2D eigenvalue weighted by molar-refractivity contribution is 4.45. The van der Waals surface area contributed by atoms with Gasteiger partial charge in [-0.15, -0.1) is 0 Å². The highest BCUT2D eigenvalue weighted by Crippen LogP contribution is 1.49. The fourth-order valence-electron chi connectivity index (χ4n) is 0.248. The first kappa shape index (κ1) is 7.80. The smallest absolute Gasteiger partial charge is 0.109 e. The maximum atomic E-state index is 10.3. The molecule has 5 heteroatoms. The quantitative estimate of drug-likeness (QED) is 0.340. The minimum Gasteiger partial charge on any atom is -0.585 e. The van der Waals surface area contributed by atoms with Crippen LogP contribution in [-0.2, 0) is 0 Å². The molecule has 0 aromatic heterocycles. The molecule has 0 aliphatic rings. The third-order valence-electron chi connectivity index (χ3n) is 0.838. The number of hydrogen-bond acceptors (Lipinski definition) is 2. The minimum atomic E-state index is -0.0181. The van der Waals surface area contributed by atoms with Crippen LogP contribution in [0.15, 0.2) is 0 Å². The van der Waals surface area contributed by atoms with Gasteiger partial charge in [0, 0.05) is 0 Å². The van der Waals surface area contributed by atoms with Crippen molar-refractivity contribution in [2.24, 2.45) is 5.73 Å². The Morgan fingerprint density at radius 1 is 1.62 bits per heavy atom. The maximum Gasteiger partial charge on any atom is 0.109 e. The highest BCUT2D eigenvalue weighted by Gasteiger charge is 1.86. The van der Waals surface area contributed by atoms with E-state index in [2.05, 4.69) is 5.43 Å². The number of hydrogen-bond donors (Lipinski definition) is 3. The second-order valence-corrected chi connectivity index (χ2v) is 1.48. The molecule has 0 rings (SSSR count). The van der Waals surface area contributed by atoms with E-state index in [0.717, 1.165) is 0 Å². The Hall–Kier alpha value is -0.200. The van der Waals surface area contributed by atoms with E-state index >= 15 is 0 Å². The summed E-state index contributed by atoms with van der Waals surface area (Å²) in [4.78, 5) is 0. The number of hydroxylamine groups is 1. The predicted octanol–water partition coefficient (Wildman–Crippen LogP) is -3.37. The Bertz CT molecular complexity index is 57.2. The summed E-state index contributed by atoms with van der Waals surface area (Å²) < 4.78 is 0. The Labute approximate surface area is 48.6 Å². The van der Waals surface area contributed by atoms with Crippen molar-refractivity contribution in [3.63, 3.8) is 0 Å². The van der Waals surface area contributed by atoms with Gasteiger partial charge < -0.3 is 16.4 Å². The molecule has 0 saturated carbocycles. The molecule has 0 aliphatic heterocycles. The Balaban J connectivity index is 3.17. The summed E-state index contributed by atoms with van der Waals surface area (Å²) in [5.74, 6) is 0. The van der Waals surface area contributed by atoms with E-state index in [1.54, 1.807) is 7.05 Å². The molecule has 0 radical (unpaired) electrons. The highest BCUT2D eigenvalue weighted by atomic mass is 16.6. The van der Waals surface area contributed by atoms with E-state index in [0.29, 0.717) is 5.12 Å². The average Bonchev–Trinajstić information content (AvgIpc) is 1.67. The van der Waals surface area contributed by atoms with Gasteiger partial charge in [0.15, 0.2) is 0 Å². The molecule has 0 aromatic carbocycles. The van der Waals surface area contributed by atoms with Crippen LogP contribution in [0.25, 0.3) is 5.43 Å². The lowest BCUT2D eigenvalue weighted by Gasteiger charge is -2.31. The summed E-state index contributed by atoms with van der Waals surface area (Å²) >= 11 is 0. The van der Waals surface area contributed by atoms with E-state index in [9.17, 15) is 5.21 Å². The van der Waals surface area contributed by atoms with Crippen LogP contribution < -0.4 is 16.0 Å². The molecule has 4 N–H and O–H groups in total. The molecule has 2 atom stereocenters. The molecule has 0 aromatic rings. The van der Waals surface area contributed by atoms with Crippen molar-refractivity contribution in [2.75, 3.05) is 20.8 Å². The Kier molecular flexibility index (Phi) is 3.67. The van der Waals surface area contributed by atoms with Gasteiger partial charge in [-0.1, -0.05) is 6.67 Å². The topological polar surface area (TPSA) is 72.1 Å². The minimum absolute atomic E-state index is 0.0181. The van der Waals surface area contributed by atoms with Gasteiger partial charge in [-0.3, -0.25) is 0 Å². The lowest BCUT2D eigenvalue weighted by molar-refractivity contribution is -1.45. The molecular weight excluding hydrogens is 108 g/mol. The number of nitrogens with one attached hydrogen (secondary N) is 2. The van der Waals surface area contributed by atoms with E-state index < -0.39 is 0 Å². The first-order valence-corrected chi connectivity index (χ1v) is 2.40. The monoisotopic (exact) mass is 120 g/mol. The van der Waals surface area contributed by atoms with Crippen LogP contribution in [-0.4, -0.2) is 20.8 Å². The lowest BCUT2D eigenvalue weighted by atomic mass is 11.1. The van der Waals surface area contributed by atoms with Gasteiger partial charge in [0.25, 0.3) is 0 Å². The summed E-state index contributed by atoms with van der Waals surface area (Å²) in [6.07, 6.45) is 0. The molecular formula is C3H12N4O. The van der Waals surface area contributed by atoms with Crippen LogP contribution in [0, 0.1) is 5.21 Å². The largest absolute Gasteiger partial charge is 0.585 e. The number of quaternary nitrogens is 2. The molecule has 0 saturated heterocycles. The van der Waals surface area contributed by atoms with E-state index in [4.69, 9.17) is 5.73 Å². The summed E-state index contributed by atoms with van der Waals surface area (Å²) in [7, 11) is 3.11. The molecule has 0 fully saturated rings. The third kappa shape index (κ3) is 2.89. The van der Waals surface area contributed by atoms with Crippen LogP contribution in [0.2, 0.25) is 0 Å². The molecule has 2 unspecified atom stereocenters. The summed E-state index contributed by atoms with van der Waals surface area (Å²) in [5.41, 5.74) is 8.70. The van der Waals surface area contributed by atoms with Gasteiger partial charge in [-0.05, 0) is 0 Å². The summed E-state index contributed by atoms with van der Waals surface area (Å²) in [6, 6.07) is 0. The summed E-state index contributed by atoms with van der Waals surface area (Å²) in [5, 5.41) is 10.8. The van der Waals surface area contributed by atoms with Gasteiger partial charge in [-0.2, -0.15) is 0 Å². The fourth-order valence-corrected chi connectivity index (χ4v) is 0.248. The van der Waals surface area contributed by atoms with E-state index in [1.165, 1.54) is 7.05 Å². The van der Waals surface area contributed by atoms with Gasteiger partial charge in [0.2, 0.25) is 0 Å². The van der Waals surface area contributed by atoms with Crippen molar-refractivity contribution >= 4 is 0 Å². The SMILES string of the molecule is C[NH+]([O-])[NH+](C)[N-]CN. The normalized spacial score (nSPS) is 18.0. The molecule has 0 heterocycles. The Morgan fingerprint density at radius 3 is 2.25 bits per heavy atom. The van der Waals surface area contributed by atoms with Crippen molar-refractivity contribution < 1.29 is 10.3 Å². The van der Waals surface area contributed by atoms with Gasteiger partial charge in [0.05, 0.1) is 0 Å². The van der Waals surface area contributed by atoms with Crippen LogP contribution in [0.3, 0.4) is 0 Å². The van der Waals surface area contributed by atoms with Crippen LogP contribution in [0.5, 0.6) is 0 Å². The van der Waals surface area contributed by atoms with Crippen LogP contribution >= 0.6 is 0 Å². The molecule has 5 nitrogen and oxygen atoms in total. The van der Waals surface area contributed by atoms with Crippen molar-refractivity contribution in [2.45, 2.75) is 0 Å². The summed E-state index contributed by atoms with van der Waals surface area (Å²) in [6.45, 7) is 0.200. The second kappa shape index (κ2) is 3.76. The van der Waals surface area contributed by atoms with Gasteiger partial charge in [-0.25, -0.2) is 10.3 Å². The van der Waals surface area contributed by atoms with Crippen LogP contribution in [0.4, 0.5) is 0 Å². The molecule has 0 bridgehead atoms. The average molecular weight is 120 g/mol. The first-order chi connectivity index (χ1) is 3.68. The van der Waals surface area contributed by atoms with Gasteiger partial charge >= 0.3 is 0 Å². The van der Waals surface area contributed by atoms with Crippen molar-refractivity contribution in [3.8, 4) is 0 Å². The predicted molar refractivity (Wildman–Crippen MR) is 29.6 cm³/mol. The molecule has 8 heavy (non-hydrogen) atoms. The van der Waals surface area contributed by atoms with E-state index in [1.807, 2.05) is 0 Å². The first-order valence-electron chi connectivity index (χ1n) is 2.40.